The fraction of sp³-hybridized carbons (Fsp3) is 0.562. The predicted molar refractivity (Wildman–Crippen MR) is 87.2 cm³/mol. The fourth-order valence-corrected chi connectivity index (χ4v) is 3.01. The molecule has 1 aliphatic rings. The number of rotatable bonds is 4. The molecule has 0 aromatic heterocycles. The third-order valence-corrected chi connectivity index (χ3v) is 8.95. The number of fused-ring (bicyclic) bond motifs is 1. The summed E-state index contributed by atoms with van der Waals surface area (Å²) in [6, 6.07) is 4.11. The molecule has 0 spiro atoms. The van der Waals surface area contributed by atoms with E-state index in [0.717, 1.165) is 0 Å². The minimum absolute atomic E-state index is 0.132. The molecule has 2 rings (SSSR count). The van der Waals surface area contributed by atoms with Crippen molar-refractivity contribution >= 4 is 19.9 Å². The number of halogens is 1. The molecule has 0 aliphatic carbocycles. The highest BCUT2D eigenvalue weighted by Gasteiger charge is 2.37. The van der Waals surface area contributed by atoms with E-state index < -0.39 is 20.2 Å². The number of nitrogens with one attached hydrogen (secondary N) is 1. The van der Waals surface area contributed by atoms with Crippen LogP contribution in [0.1, 0.15) is 27.2 Å². The molecule has 1 aromatic carbocycles. The number of anilines is 1. The number of hydrogen-bond donors (Lipinski definition) is 1. The van der Waals surface area contributed by atoms with E-state index in [4.69, 9.17) is 9.16 Å². The second kappa shape index (κ2) is 6.00. The molecule has 0 bridgehead atoms. The molecule has 0 fully saturated rings. The van der Waals surface area contributed by atoms with Crippen LogP contribution in [0.2, 0.25) is 18.1 Å². The molecule has 1 N–H and O–H groups in total. The van der Waals surface area contributed by atoms with Gasteiger partial charge in [-0.1, -0.05) is 20.8 Å². The summed E-state index contributed by atoms with van der Waals surface area (Å²) >= 11 is 0. The Bertz CT molecular complexity index is 569. The van der Waals surface area contributed by atoms with Gasteiger partial charge < -0.3 is 14.5 Å². The van der Waals surface area contributed by atoms with Crippen molar-refractivity contribution in [3.8, 4) is 5.75 Å². The number of hydrogen-bond acceptors (Lipinski definition) is 3. The third-order valence-electron chi connectivity index (χ3n) is 4.41. The molecule has 1 amide bonds. The second-order valence-corrected chi connectivity index (χ2v) is 11.9. The van der Waals surface area contributed by atoms with Gasteiger partial charge >= 0.3 is 0 Å². The van der Waals surface area contributed by atoms with E-state index in [0.29, 0.717) is 24.5 Å². The Morgan fingerprint density at radius 3 is 2.68 bits per heavy atom. The van der Waals surface area contributed by atoms with Crippen LogP contribution in [-0.2, 0) is 9.22 Å². The highest BCUT2D eigenvalue weighted by Crippen LogP contribution is 2.37. The van der Waals surface area contributed by atoms with Crippen molar-refractivity contribution in [3.05, 3.63) is 24.0 Å². The number of carbonyl (C=O) groups excluding carboxylic acids is 1. The van der Waals surface area contributed by atoms with Crippen molar-refractivity contribution in [2.45, 2.75) is 51.4 Å². The van der Waals surface area contributed by atoms with Gasteiger partial charge in [0.05, 0.1) is 5.69 Å². The van der Waals surface area contributed by atoms with Crippen LogP contribution in [0, 0.1) is 5.82 Å². The topological polar surface area (TPSA) is 47.6 Å². The first-order chi connectivity index (χ1) is 10.1. The first-order valence-corrected chi connectivity index (χ1v) is 10.4. The van der Waals surface area contributed by atoms with E-state index in [-0.39, 0.29) is 10.9 Å². The molecule has 0 radical (unpaired) electrons. The van der Waals surface area contributed by atoms with E-state index in [1.54, 1.807) is 0 Å². The molecule has 1 unspecified atom stereocenters. The summed E-state index contributed by atoms with van der Waals surface area (Å²) in [6.45, 7) is 11.3. The molecule has 6 heteroatoms. The van der Waals surface area contributed by atoms with Gasteiger partial charge in [-0.15, -0.1) is 0 Å². The van der Waals surface area contributed by atoms with Crippen molar-refractivity contribution in [2.75, 3.05) is 11.9 Å². The molecule has 1 aromatic rings. The maximum absolute atomic E-state index is 13.1. The normalized spacial score (nSPS) is 18.5. The summed E-state index contributed by atoms with van der Waals surface area (Å²) in [5, 5.41) is 2.81. The van der Waals surface area contributed by atoms with Crippen LogP contribution in [0.25, 0.3) is 0 Å². The van der Waals surface area contributed by atoms with E-state index in [9.17, 15) is 9.18 Å². The molecule has 22 heavy (non-hydrogen) atoms. The maximum Gasteiger partial charge on any atom is 0.265 e. The summed E-state index contributed by atoms with van der Waals surface area (Å²) in [5.74, 6) is -0.155. The van der Waals surface area contributed by atoms with Crippen molar-refractivity contribution < 1.29 is 18.3 Å². The Morgan fingerprint density at radius 2 is 2.05 bits per heavy atom. The molecule has 1 atom stereocenters. The average molecular weight is 325 g/mol. The highest BCUT2D eigenvalue weighted by molar-refractivity contribution is 6.74. The van der Waals surface area contributed by atoms with Gasteiger partial charge in [0.1, 0.15) is 11.6 Å². The Morgan fingerprint density at radius 1 is 1.36 bits per heavy atom. The van der Waals surface area contributed by atoms with Gasteiger partial charge in [0.2, 0.25) is 0 Å². The molecular weight excluding hydrogens is 301 g/mol. The lowest BCUT2D eigenvalue weighted by molar-refractivity contribution is -0.124. The molecular formula is C16H24FNO3Si. The van der Waals surface area contributed by atoms with Crippen molar-refractivity contribution in [3.63, 3.8) is 0 Å². The smallest absolute Gasteiger partial charge is 0.265 e. The van der Waals surface area contributed by atoms with Gasteiger partial charge in [-0.25, -0.2) is 4.39 Å². The molecule has 1 heterocycles. The van der Waals surface area contributed by atoms with Gasteiger partial charge in [-0.2, -0.15) is 0 Å². The zero-order valence-corrected chi connectivity index (χ0v) is 14.8. The van der Waals surface area contributed by atoms with Gasteiger partial charge in [0.15, 0.2) is 14.4 Å². The molecule has 0 saturated carbocycles. The van der Waals surface area contributed by atoms with E-state index >= 15 is 0 Å². The zero-order chi connectivity index (χ0) is 16.5. The Labute approximate surface area is 132 Å². The van der Waals surface area contributed by atoms with E-state index in [1.807, 2.05) is 0 Å². The summed E-state index contributed by atoms with van der Waals surface area (Å²) in [7, 11) is -1.83. The van der Waals surface area contributed by atoms with Gasteiger partial charge in [-0.3, -0.25) is 4.79 Å². The predicted octanol–water partition coefficient (Wildman–Crippen LogP) is 3.94. The number of carbonyl (C=O) groups is 1. The summed E-state index contributed by atoms with van der Waals surface area (Å²) in [4.78, 5) is 12.0. The lowest BCUT2D eigenvalue weighted by Gasteiger charge is -2.36. The van der Waals surface area contributed by atoms with Gasteiger partial charge in [-0.05, 0) is 30.3 Å². The summed E-state index contributed by atoms with van der Waals surface area (Å²) in [5.41, 5.74) is 0.381. The minimum atomic E-state index is -1.83. The minimum Gasteiger partial charge on any atom is -0.478 e. The molecule has 4 nitrogen and oxygen atoms in total. The van der Waals surface area contributed by atoms with Gasteiger partial charge in [0.25, 0.3) is 5.91 Å². The molecule has 122 valence electrons. The third kappa shape index (κ3) is 3.67. The fourth-order valence-electron chi connectivity index (χ4n) is 1.95. The molecule has 1 aliphatic heterocycles. The standard InChI is InChI=1S/C16H24FNO3Si/c1-16(2,3)22(4,5)20-9-8-14-15(19)18-12-10-11(17)6-7-13(12)21-14/h6-7,10,14H,8-9H2,1-5H3,(H,18,19). The summed E-state index contributed by atoms with van der Waals surface area (Å²) < 4.78 is 24.9. The largest absolute Gasteiger partial charge is 0.478 e. The van der Waals surface area contributed by atoms with Crippen molar-refractivity contribution in [2.24, 2.45) is 0 Å². The van der Waals surface area contributed by atoms with E-state index in [1.165, 1.54) is 18.2 Å². The number of benzene rings is 1. The van der Waals surface area contributed by atoms with Crippen LogP contribution < -0.4 is 10.1 Å². The van der Waals surface area contributed by atoms with Crippen LogP contribution in [-0.4, -0.2) is 26.9 Å². The Kier molecular flexibility index (Phi) is 4.63. The Balaban J connectivity index is 1.95. The van der Waals surface area contributed by atoms with Crippen LogP contribution in [0.5, 0.6) is 5.75 Å². The van der Waals surface area contributed by atoms with Crippen LogP contribution >= 0.6 is 0 Å². The highest BCUT2D eigenvalue weighted by atomic mass is 28.4. The van der Waals surface area contributed by atoms with Crippen LogP contribution in [0.4, 0.5) is 10.1 Å². The first kappa shape index (κ1) is 17.0. The zero-order valence-electron chi connectivity index (χ0n) is 13.8. The van der Waals surface area contributed by atoms with Crippen molar-refractivity contribution in [1.82, 2.24) is 0 Å². The average Bonchev–Trinajstić information content (AvgIpc) is 2.38. The van der Waals surface area contributed by atoms with Crippen molar-refractivity contribution in [1.29, 1.82) is 0 Å². The quantitative estimate of drug-likeness (QED) is 0.853. The second-order valence-electron chi connectivity index (χ2n) is 7.13. The van der Waals surface area contributed by atoms with Crippen LogP contribution in [0.15, 0.2) is 18.2 Å². The number of ether oxygens (including phenoxy) is 1. The monoisotopic (exact) mass is 325 g/mol. The lowest BCUT2D eigenvalue weighted by atomic mass is 10.2. The van der Waals surface area contributed by atoms with Gasteiger partial charge in [0, 0.05) is 19.1 Å². The lowest BCUT2D eigenvalue weighted by Crippen LogP contribution is -2.43. The maximum atomic E-state index is 13.1. The SMILES string of the molecule is CC(C)(C)[Si](C)(C)OCCC1Oc2ccc(F)cc2NC1=O. The first-order valence-electron chi connectivity index (χ1n) is 7.51. The number of amides is 1. The van der Waals surface area contributed by atoms with E-state index in [2.05, 4.69) is 39.2 Å². The van der Waals surface area contributed by atoms with Crippen LogP contribution in [0.3, 0.4) is 0 Å². The Hall–Kier alpha value is -1.40. The molecule has 0 saturated heterocycles. The summed E-state index contributed by atoms with van der Waals surface area (Å²) in [6.07, 6.45) is -0.113.